The van der Waals surface area contributed by atoms with E-state index >= 15 is 0 Å². The average molecular weight is 655 g/mol. The molecule has 0 aromatic heterocycles. The fraction of sp³-hybridized carbons (Fsp3) is 0.0204. The van der Waals surface area contributed by atoms with Gasteiger partial charge >= 0.3 is 0 Å². The lowest BCUT2D eigenvalue weighted by atomic mass is 10.0. The van der Waals surface area contributed by atoms with E-state index in [1.165, 1.54) is 33.2 Å². The molecule has 0 atom stereocenters. The largest absolute Gasteiger partial charge is 0.311 e. The first-order valence-electron chi connectivity index (χ1n) is 17.4. The molecule has 0 N–H and O–H groups in total. The highest BCUT2D eigenvalue weighted by Crippen LogP contribution is 2.38. The molecule has 2 heteroatoms. The summed E-state index contributed by atoms with van der Waals surface area (Å²) < 4.78 is 0. The molecular formula is C49H38N2. The maximum Gasteiger partial charge on any atom is 0.0490 e. The lowest BCUT2D eigenvalue weighted by molar-refractivity contribution is 1.25. The first-order chi connectivity index (χ1) is 25.2. The van der Waals surface area contributed by atoms with Gasteiger partial charge in [0.2, 0.25) is 0 Å². The van der Waals surface area contributed by atoms with Gasteiger partial charge in [-0.1, -0.05) is 146 Å². The minimum Gasteiger partial charge on any atom is -0.311 e. The number of hydrogen-bond acceptors (Lipinski definition) is 2. The first kappa shape index (κ1) is 31.6. The lowest BCUT2D eigenvalue weighted by Gasteiger charge is -2.27. The maximum atomic E-state index is 2.35. The van der Waals surface area contributed by atoms with Crippen molar-refractivity contribution in [1.29, 1.82) is 0 Å². The van der Waals surface area contributed by atoms with Crippen LogP contribution in [0.3, 0.4) is 0 Å². The Morgan fingerprint density at radius 2 is 0.765 bits per heavy atom. The van der Waals surface area contributed by atoms with E-state index in [0.29, 0.717) is 0 Å². The summed E-state index contributed by atoms with van der Waals surface area (Å²) in [7, 11) is 0. The molecule has 51 heavy (non-hydrogen) atoms. The number of hydrogen-bond donors (Lipinski definition) is 0. The standard InChI is InChI=1S/C49H38N2/c1-37-12-8-11-19-49(37)51(48-35-30-40-13-9-10-14-43(40)36-48)47-31-24-39(25-32-47)21-20-38-22-26-41(27-23-38)42-28-33-46(34-29-42)50(44-15-4-2-5-16-44)45-17-6-3-7-18-45/h2-36H,1H3/b21-20+. The van der Waals surface area contributed by atoms with Gasteiger partial charge in [0.25, 0.3) is 0 Å². The monoisotopic (exact) mass is 654 g/mol. The summed E-state index contributed by atoms with van der Waals surface area (Å²) >= 11 is 0. The first-order valence-corrected chi connectivity index (χ1v) is 17.4. The van der Waals surface area contributed by atoms with Crippen LogP contribution in [-0.2, 0) is 0 Å². The van der Waals surface area contributed by atoms with Gasteiger partial charge in [-0.15, -0.1) is 0 Å². The highest BCUT2D eigenvalue weighted by atomic mass is 15.1. The van der Waals surface area contributed by atoms with Crippen molar-refractivity contribution in [3.05, 3.63) is 217 Å². The Labute approximate surface area is 300 Å². The zero-order valence-electron chi connectivity index (χ0n) is 28.6. The minimum absolute atomic E-state index is 1.13. The van der Waals surface area contributed by atoms with Crippen LogP contribution >= 0.6 is 0 Å². The molecule has 0 amide bonds. The molecule has 0 saturated heterocycles. The highest BCUT2D eigenvalue weighted by Gasteiger charge is 2.15. The van der Waals surface area contributed by atoms with Gasteiger partial charge in [0.1, 0.15) is 0 Å². The molecule has 0 saturated carbocycles. The summed E-state index contributed by atoms with van der Waals surface area (Å²) in [5.74, 6) is 0. The van der Waals surface area contributed by atoms with Crippen LogP contribution in [-0.4, -0.2) is 0 Å². The molecule has 0 radical (unpaired) electrons. The quantitative estimate of drug-likeness (QED) is 0.143. The summed E-state index contributed by atoms with van der Waals surface area (Å²) in [4.78, 5) is 4.63. The van der Waals surface area contributed by atoms with Gasteiger partial charge in [0.15, 0.2) is 0 Å². The molecule has 0 fully saturated rings. The Kier molecular flexibility index (Phi) is 8.96. The van der Waals surface area contributed by atoms with Crippen molar-refractivity contribution in [2.45, 2.75) is 6.92 Å². The predicted octanol–water partition coefficient (Wildman–Crippen LogP) is 13.9. The van der Waals surface area contributed by atoms with Gasteiger partial charge in [-0.25, -0.2) is 0 Å². The number of anilines is 6. The van der Waals surface area contributed by atoms with Crippen LogP contribution in [0.1, 0.15) is 16.7 Å². The molecule has 0 aliphatic rings. The zero-order valence-corrected chi connectivity index (χ0v) is 28.6. The lowest BCUT2D eigenvalue weighted by Crippen LogP contribution is -2.11. The summed E-state index contributed by atoms with van der Waals surface area (Å²) in [5, 5.41) is 2.47. The Bertz CT molecular complexity index is 2350. The van der Waals surface area contributed by atoms with E-state index in [4.69, 9.17) is 0 Å². The summed E-state index contributed by atoms with van der Waals surface area (Å²) in [5.41, 5.74) is 12.8. The third-order valence-electron chi connectivity index (χ3n) is 9.37. The molecular weight excluding hydrogens is 617 g/mol. The van der Waals surface area contributed by atoms with Crippen molar-refractivity contribution in [3.63, 3.8) is 0 Å². The molecule has 0 aliphatic carbocycles. The van der Waals surface area contributed by atoms with E-state index in [-0.39, 0.29) is 0 Å². The van der Waals surface area contributed by atoms with Crippen molar-refractivity contribution in [2.75, 3.05) is 9.80 Å². The van der Waals surface area contributed by atoms with Crippen molar-refractivity contribution >= 4 is 57.0 Å². The van der Waals surface area contributed by atoms with Gasteiger partial charge < -0.3 is 9.80 Å². The highest BCUT2D eigenvalue weighted by molar-refractivity contribution is 5.90. The Morgan fingerprint density at radius 1 is 0.333 bits per heavy atom. The van der Waals surface area contributed by atoms with Crippen LogP contribution in [0.15, 0.2) is 200 Å². The second kappa shape index (κ2) is 14.5. The Morgan fingerprint density at radius 3 is 1.37 bits per heavy atom. The van der Waals surface area contributed by atoms with Crippen molar-refractivity contribution in [3.8, 4) is 11.1 Å². The summed E-state index contributed by atoms with van der Waals surface area (Å²) in [6, 6.07) is 71.2. The predicted molar refractivity (Wildman–Crippen MR) is 219 cm³/mol. The Balaban J connectivity index is 1.000. The minimum atomic E-state index is 1.13. The van der Waals surface area contributed by atoms with Crippen LogP contribution in [0.2, 0.25) is 0 Å². The van der Waals surface area contributed by atoms with E-state index in [9.17, 15) is 0 Å². The van der Waals surface area contributed by atoms with Crippen LogP contribution in [0, 0.1) is 6.92 Å². The van der Waals surface area contributed by atoms with Crippen molar-refractivity contribution < 1.29 is 0 Å². The third-order valence-corrected chi connectivity index (χ3v) is 9.37. The number of nitrogens with zero attached hydrogens (tertiary/aromatic N) is 2. The topological polar surface area (TPSA) is 6.48 Å². The van der Waals surface area contributed by atoms with E-state index in [0.717, 1.165) is 39.6 Å². The molecule has 0 heterocycles. The second-order valence-corrected chi connectivity index (χ2v) is 12.8. The average Bonchev–Trinajstić information content (AvgIpc) is 3.20. The van der Waals surface area contributed by atoms with Crippen LogP contribution in [0.4, 0.5) is 34.1 Å². The molecule has 8 aromatic carbocycles. The van der Waals surface area contributed by atoms with Gasteiger partial charge in [-0.05, 0) is 112 Å². The summed E-state index contributed by atoms with van der Waals surface area (Å²) in [6.45, 7) is 2.17. The zero-order chi connectivity index (χ0) is 34.4. The molecule has 0 bridgehead atoms. The summed E-state index contributed by atoms with van der Waals surface area (Å²) in [6.07, 6.45) is 4.37. The van der Waals surface area contributed by atoms with Crippen LogP contribution in [0.5, 0.6) is 0 Å². The van der Waals surface area contributed by atoms with Gasteiger partial charge in [-0.3, -0.25) is 0 Å². The smallest absolute Gasteiger partial charge is 0.0490 e. The number of para-hydroxylation sites is 3. The molecule has 0 aliphatic heterocycles. The molecule has 8 rings (SSSR count). The fourth-order valence-corrected chi connectivity index (χ4v) is 6.68. The van der Waals surface area contributed by atoms with Gasteiger partial charge in [0, 0.05) is 34.1 Å². The Hall–Kier alpha value is -6.64. The van der Waals surface area contributed by atoms with Crippen molar-refractivity contribution in [2.24, 2.45) is 0 Å². The van der Waals surface area contributed by atoms with Crippen LogP contribution < -0.4 is 9.80 Å². The van der Waals surface area contributed by atoms with E-state index in [1.807, 2.05) is 0 Å². The van der Waals surface area contributed by atoms with E-state index in [1.54, 1.807) is 0 Å². The molecule has 244 valence electrons. The number of rotatable bonds is 9. The van der Waals surface area contributed by atoms with E-state index in [2.05, 4.69) is 229 Å². The molecule has 8 aromatic rings. The number of benzene rings is 8. The third kappa shape index (κ3) is 6.94. The fourth-order valence-electron chi connectivity index (χ4n) is 6.68. The van der Waals surface area contributed by atoms with Crippen molar-refractivity contribution in [1.82, 2.24) is 0 Å². The molecule has 0 spiro atoms. The second-order valence-electron chi connectivity index (χ2n) is 12.8. The number of fused-ring (bicyclic) bond motifs is 1. The van der Waals surface area contributed by atoms with Gasteiger partial charge in [0.05, 0.1) is 0 Å². The molecule has 2 nitrogen and oxygen atoms in total. The SMILES string of the molecule is Cc1ccccc1N(c1ccc(/C=C/c2ccc(-c3ccc(N(c4ccccc4)c4ccccc4)cc3)cc2)cc1)c1ccc2ccccc2c1. The maximum absolute atomic E-state index is 2.35. The molecule has 0 unspecified atom stereocenters. The normalized spacial score (nSPS) is 11.2. The van der Waals surface area contributed by atoms with E-state index < -0.39 is 0 Å². The number of aryl methyl sites for hydroxylation is 1. The van der Waals surface area contributed by atoms with Gasteiger partial charge in [-0.2, -0.15) is 0 Å². The van der Waals surface area contributed by atoms with Crippen LogP contribution in [0.25, 0.3) is 34.1 Å².